The van der Waals surface area contributed by atoms with E-state index in [1.54, 1.807) is 0 Å². The van der Waals surface area contributed by atoms with Crippen molar-refractivity contribution in [3.63, 3.8) is 0 Å². The van der Waals surface area contributed by atoms with Gasteiger partial charge in [0.1, 0.15) is 5.75 Å². The lowest BCUT2D eigenvalue weighted by molar-refractivity contribution is -0.662. The van der Waals surface area contributed by atoms with E-state index in [0.29, 0.717) is 24.9 Å². The van der Waals surface area contributed by atoms with Crippen LogP contribution in [-0.2, 0) is 16.1 Å². The molecule has 2 aromatic carbocycles. The van der Waals surface area contributed by atoms with Crippen molar-refractivity contribution in [1.82, 2.24) is 20.0 Å². The molecule has 42 heavy (non-hydrogen) atoms. The van der Waals surface area contributed by atoms with Crippen molar-refractivity contribution in [1.29, 1.82) is 0 Å². The number of anilines is 1. The number of benzene rings is 2. The summed E-state index contributed by atoms with van der Waals surface area (Å²) in [6.45, 7) is 9.32. The van der Waals surface area contributed by atoms with E-state index >= 15 is 0 Å². The van der Waals surface area contributed by atoms with Crippen molar-refractivity contribution in [3.05, 3.63) is 66.5 Å². The molecule has 2 saturated heterocycles. The van der Waals surface area contributed by atoms with E-state index in [1.807, 2.05) is 49.3 Å². The van der Waals surface area contributed by atoms with E-state index in [4.69, 9.17) is 4.74 Å². The summed E-state index contributed by atoms with van der Waals surface area (Å²) in [6.07, 6.45) is 7.75. The summed E-state index contributed by atoms with van der Waals surface area (Å²) in [6, 6.07) is 16.8. The molecule has 3 heterocycles. The number of amides is 2. The van der Waals surface area contributed by atoms with Crippen molar-refractivity contribution in [2.45, 2.75) is 57.7 Å². The number of quaternary nitrogens is 1. The maximum atomic E-state index is 13.9. The SMILES string of the molecule is CC(C)(Oc1cccc(N2CCC[C@H](C(=O)N(Cc3ccc(-c4cn[nH]c4)cc3)C3CC3)C2)c1)C(=O)N1CC[NH2+]CC1. The molecule has 9 nitrogen and oxygen atoms in total. The molecule has 0 unspecified atom stereocenters. The zero-order valence-electron chi connectivity index (χ0n) is 24.8. The number of piperidine rings is 1. The lowest BCUT2D eigenvalue weighted by atomic mass is 9.95. The highest BCUT2D eigenvalue weighted by atomic mass is 16.5. The van der Waals surface area contributed by atoms with Crippen molar-refractivity contribution >= 4 is 17.5 Å². The maximum absolute atomic E-state index is 13.9. The predicted molar refractivity (Wildman–Crippen MR) is 162 cm³/mol. The Morgan fingerprint density at radius 2 is 1.83 bits per heavy atom. The van der Waals surface area contributed by atoms with Gasteiger partial charge < -0.3 is 24.8 Å². The van der Waals surface area contributed by atoms with Gasteiger partial charge in [0.05, 0.1) is 38.3 Å². The van der Waals surface area contributed by atoms with E-state index in [9.17, 15) is 9.59 Å². The third-order valence-electron chi connectivity index (χ3n) is 8.74. The number of hydrogen-bond donors (Lipinski definition) is 2. The van der Waals surface area contributed by atoms with Crippen molar-refractivity contribution in [2.75, 3.05) is 44.2 Å². The quantitative estimate of drug-likeness (QED) is 0.412. The standard InChI is InChI=1S/C33H42N6O3/c1-33(2,32(41)37-17-14-34-15-18-37)42-30-7-3-6-29(19-30)38-16-4-5-26(23-38)31(40)39(28-12-13-28)22-24-8-10-25(11-9-24)27-20-35-36-21-27/h3,6-11,19-21,26,28,34H,4-5,12-18,22-23H2,1-2H3,(H,35,36)/p+1/t26-/m0/s1. The van der Waals surface area contributed by atoms with Crippen LogP contribution in [0.2, 0.25) is 0 Å². The third-order valence-corrected chi connectivity index (χ3v) is 8.74. The van der Waals surface area contributed by atoms with Crippen LogP contribution in [-0.4, -0.2) is 82.7 Å². The number of nitrogens with zero attached hydrogens (tertiary/aromatic N) is 4. The number of ether oxygens (including phenoxy) is 1. The Labute approximate surface area is 248 Å². The predicted octanol–water partition coefficient (Wildman–Crippen LogP) is 3.05. The minimum absolute atomic E-state index is 0.0286. The van der Waals surface area contributed by atoms with Gasteiger partial charge in [0.25, 0.3) is 5.91 Å². The number of aromatic nitrogens is 2. The Morgan fingerprint density at radius 1 is 1.05 bits per heavy atom. The van der Waals surface area contributed by atoms with Crippen LogP contribution in [0.5, 0.6) is 5.75 Å². The van der Waals surface area contributed by atoms with Crippen molar-refractivity contribution < 1.29 is 19.6 Å². The third kappa shape index (κ3) is 6.46. The highest BCUT2D eigenvalue weighted by molar-refractivity contribution is 5.85. The van der Waals surface area contributed by atoms with Crippen LogP contribution < -0.4 is 15.0 Å². The molecule has 1 aliphatic carbocycles. The van der Waals surface area contributed by atoms with Crippen LogP contribution in [0.15, 0.2) is 60.9 Å². The Balaban J connectivity index is 1.10. The second-order valence-electron chi connectivity index (χ2n) is 12.4. The number of nitrogens with two attached hydrogens (primary N) is 1. The largest absolute Gasteiger partial charge is 0.478 e. The first-order valence-corrected chi connectivity index (χ1v) is 15.4. The summed E-state index contributed by atoms with van der Waals surface area (Å²) in [5.74, 6) is 0.935. The van der Waals surface area contributed by atoms with Crippen LogP contribution in [0, 0.1) is 5.92 Å². The van der Waals surface area contributed by atoms with E-state index in [1.165, 1.54) is 0 Å². The smallest absolute Gasteiger partial charge is 0.266 e. The molecule has 1 saturated carbocycles. The molecule has 222 valence electrons. The summed E-state index contributed by atoms with van der Waals surface area (Å²) >= 11 is 0. The van der Waals surface area contributed by atoms with Gasteiger partial charge in [-0.25, -0.2) is 0 Å². The number of carbonyl (C=O) groups is 2. The lowest BCUT2D eigenvalue weighted by Gasteiger charge is -2.37. The zero-order valence-corrected chi connectivity index (χ0v) is 24.8. The number of hydrogen-bond acceptors (Lipinski definition) is 5. The van der Waals surface area contributed by atoms with E-state index in [0.717, 1.165) is 80.8 Å². The minimum Gasteiger partial charge on any atom is -0.478 e. The molecule has 3 fully saturated rings. The first-order valence-electron chi connectivity index (χ1n) is 15.4. The number of piperazine rings is 1. The molecule has 2 amide bonds. The first-order chi connectivity index (χ1) is 20.4. The van der Waals surface area contributed by atoms with E-state index in [-0.39, 0.29) is 17.7 Å². The summed E-state index contributed by atoms with van der Waals surface area (Å²) < 4.78 is 6.29. The van der Waals surface area contributed by atoms with E-state index in [2.05, 4.69) is 55.6 Å². The highest BCUT2D eigenvalue weighted by Gasteiger charge is 2.38. The fraction of sp³-hybridized carbons (Fsp3) is 0.485. The number of H-pyrrole nitrogens is 1. The minimum atomic E-state index is -0.947. The van der Waals surface area contributed by atoms with Gasteiger partial charge in [-0.15, -0.1) is 0 Å². The Hall–Kier alpha value is -3.85. The Bertz CT molecular complexity index is 1360. The van der Waals surface area contributed by atoms with Gasteiger partial charge in [-0.1, -0.05) is 30.3 Å². The average Bonchev–Trinajstić information content (AvgIpc) is 3.72. The molecule has 0 spiro atoms. The maximum Gasteiger partial charge on any atom is 0.266 e. The summed E-state index contributed by atoms with van der Waals surface area (Å²) in [7, 11) is 0. The van der Waals surface area contributed by atoms with Crippen LogP contribution >= 0.6 is 0 Å². The van der Waals surface area contributed by atoms with Gasteiger partial charge in [0.2, 0.25) is 5.91 Å². The van der Waals surface area contributed by atoms with Gasteiger partial charge >= 0.3 is 0 Å². The summed E-state index contributed by atoms with van der Waals surface area (Å²) in [4.78, 5) is 33.4. The van der Waals surface area contributed by atoms with Crippen molar-refractivity contribution in [3.8, 4) is 16.9 Å². The molecule has 3 N–H and O–H groups in total. The average molecular weight is 572 g/mol. The molecular formula is C33H43N6O3+. The molecule has 3 aromatic rings. The highest BCUT2D eigenvalue weighted by Crippen LogP contribution is 2.34. The van der Waals surface area contributed by atoms with Gasteiger partial charge in [-0.05, 0) is 62.8 Å². The summed E-state index contributed by atoms with van der Waals surface area (Å²) in [5, 5.41) is 9.15. The molecule has 3 aliphatic rings. The van der Waals surface area contributed by atoms with E-state index < -0.39 is 5.60 Å². The molecule has 1 aromatic heterocycles. The van der Waals surface area contributed by atoms with Gasteiger partial charge in [0, 0.05) is 49.2 Å². The van der Waals surface area contributed by atoms with Crippen LogP contribution in [0.4, 0.5) is 5.69 Å². The monoisotopic (exact) mass is 571 g/mol. The zero-order chi connectivity index (χ0) is 29.1. The van der Waals surface area contributed by atoms with Crippen LogP contribution in [0.25, 0.3) is 11.1 Å². The van der Waals surface area contributed by atoms with Crippen LogP contribution in [0.3, 0.4) is 0 Å². The number of carbonyl (C=O) groups excluding carboxylic acids is 2. The topological polar surface area (TPSA) is 98.4 Å². The number of rotatable bonds is 9. The molecule has 6 rings (SSSR count). The van der Waals surface area contributed by atoms with Gasteiger partial charge in [-0.3, -0.25) is 14.7 Å². The summed E-state index contributed by atoms with van der Waals surface area (Å²) in [5.41, 5.74) is 3.42. The molecule has 1 atom stereocenters. The molecule has 2 aliphatic heterocycles. The van der Waals surface area contributed by atoms with Crippen LogP contribution in [0.1, 0.15) is 45.1 Å². The fourth-order valence-electron chi connectivity index (χ4n) is 6.25. The van der Waals surface area contributed by atoms with Crippen molar-refractivity contribution in [2.24, 2.45) is 5.92 Å². The molecule has 9 heteroatoms. The Kier molecular flexibility index (Phi) is 8.20. The Morgan fingerprint density at radius 3 is 2.55 bits per heavy atom. The first kappa shape index (κ1) is 28.3. The molecule has 0 radical (unpaired) electrons. The second-order valence-corrected chi connectivity index (χ2v) is 12.4. The van der Waals surface area contributed by atoms with Gasteiger partial charge in [-0.2, -0.15) is 5.10 Å². The molecule has 0 bridgehead atoms. The fourth-order valence-corrected chi connectivity index (χ4v) is 6.25. The number of nitrogens with one attached hydrogen (secondary N) is 1. The second kappa shape index (κ2) is 12.2. The lowest BCUT2D eigenvalue weighted by Crippen LogP contribution is -2.90. The van der Waals surface area contributed by atoms with Gasteiger partial charge in [0.15, 0.2) is 5.60 Å². The molecular weight excluding hydrogens is 528 g/mol. The normalized spacial score (nSPS) is 19.4. The number of aromatic amines is 1.